The third kappa shape index (κ3) is 6.47. The number of rotatable bonds is 9. The topological polar surface area (TPSA) is 131 Å². The highest BCUT2D eigenvalue weighted by Crippen LogP contribution is 2.36. The van der Waals surface area contributed by atoms with Crippen LogP contribution in [0.3, 0.4) is 0 Å². The highest BCUT2D eigenvalue weighted by atomic mass is 16.5. The van der Waals surface area contributed by atoms with E-state index in [0.29, 0.717) is 25.3 Å². The fourth-order valence-corrected chi connectivity index (χ4v) is 3.93. The molecule has 3 rings (SSSR count). The molecule has 1 saturated heterocycles. The average molecular weight is 465 g/mol. The van der Waals surface area contributed by atoms with E-state index in [1.807, 2.05) is 24.0 Å². The van der Waals surface area contributed by atoms with Gasteiger partial charge in [-0.1, -0.05) is 0 Å². The van der Waals surface area contributed by atoms with Crippen LogP contribution in [-0.4, -0.2) is 90.6 Å². The van der Waals surface area contributed by atoms with Crippen LogP contribution in [0, 0.1) is 0 Å². The molecule has 1 saturated carbocycles. The summed E-state index contributed by atoms with van der Waals surface area (Å²) in [7, 11) is 2.86. The molecule has 0 spiro atoms. The number of carboxylic acid groups (broad SMARTS) is 1. The molecule has 182 valence electrons. The van der Waals surface area contributed by atoms with Gasteiger partial charge >= 0.3 is 12.2 Å². The largest absolute Gasteiger partial charge is 0.481 e. The number of ether oxygens (including phenoxy) is 3. The van der Waals surface area contributed by atoms with Gasteiger partial charge in [0.1, 0.15) is 0 Å². The standard InChI is InChI=1S/C22H32N4O7/c1-14(15-11-16(24-19(12-15)31-2)5-4-8-23-21(28)32-3)26(17-6-7-17)20(27)18-13-25(22(29)30)9-10-33-18/h11-12,14,17-18H,4-10,13H2,1-3H3,(H,23,28)(H,29,30)/t14?,18-/m1/s1. The number of nitrogens with zero attached hydrogens (tertiary/aromatic N) is 3. The molecular formula is C22H32N4O7. The molecule has 1 aliphatic heterocycles. The molecule has 2 heterocycles. The number of aryl methyl sites for hydroxylation is 1. The van der Waals surface area contributed by atoms with Gasteiger partial charge in [-0.15, -0.1) is 0 Å². The van der Waals surface area contributed by atoms with Gasteiger partial charge in [0.15, 0.2) is 6.10 Å². The second-order valence-electron chi connectivity index (χ2n) is 8.20. The lowest BCUT2D eigenvalue weighted by molar-refractivity contribution is -0.151. The van der Waals surface area contributed by atoms with Crippen LogP contribution in [0.4, 0.5) is 9.59 Å². The first-order valence-corrected chi connectivity index (χ1v) is 11.1. The van der Waals surface area contributed by atoms with Crippen LogP contribution in [0.2, 0.25) is 0 Å². The molecule has 1 aromatic rings. The number of amides is 3. The normalized spacial score (nSPS) is 18.9. The fourth-order valence-electron chi connectivity index (χ4n) is 3.93. The predicted molar refractivity (Wildman–Crippen MR) is 117 cm³/mol. The number of nitrogens with one attached hydrogen (secondary N) is 1. The van der Waals surface area contributed by atoms with Gasteiger partial charge in [-0.25, -0.2) is 14.6 Å². The van der Waals surface area contributed by atoms with E-state index in [1.54, 1.807) is 7.11 Å². The lowest BCUT2D eigenvalue weighted by atomic mass is 10.0. The molecule has 11 nitrogen and oxygen atoms in total. The highest BCUT2D eigenvalue weighted by molar-refractivity contribution is 5.83. The Morgan fingerprint density at radius 2 is 2.09 bits per heavy atom. The Morgan fingerprint density at radius 1 is 1.33 bits per heavy atom. The molecule has 11 heteroatoms. The minimum atomic E-state index is -1.05. The minimum absolute atomic E-state index is 0.0300. The molecule has 0 aromatic carbocycles. The zero-order chi connectivity index (χ0) is 24.0. The Hall–Kier alpha value is -3.08. The van der Waals surface area contributed by atoms with Crippen molar-refractivity contribution in [3.05, 3.63) is 23.4 Å². The van der Waals surface area contributed by atoms with Gasteiger partial charge in [0, 0.05) is 30.9 Å². The number of morpholine rings is 1. The third-order valence-electron chi connectivity index (χ3n) is 5.86. The summed E-state index contributed by atoms with van der Waals surface area (Å²) in [5.41, 5.74) is 1.67. The predicted octanol–water partition coefficient (Wildman–Crippen LogP) is 1.81. The summed E-state index contributed by atoms with van der Waals surface area (Å²) in [6, 6.07) is 3.59. The summed E-state index contributed by atoms with van der Waals surface area (Å²) in [6.45, 7) is 2.88. The minimum Gasteiger partial charge on any atom is -0.481 e. The molecule has 3 amide bonds. The average Bonchev–Trinajstić information content (AvgIpc) is 3.66. The molecule has 0 bridgehead atoms. The van der Waals surface area contributed by atoms with Crippen molar-refractivity contribution >= 4 is 18.1 Å². The Labute approximate surface area is 193 Å². The van der Waals surface area contributed by atoms with Crippen molar-refractivity contribution in [3.8, 4) is 5.88 Å². The highest BCUT2D eigenvalue weighted by Gasteiger charge is 2.41. The van der Waals surface area contributed by atoms with Crippen molar-refractivity contribution in [1.82, 2.24) is 20.1 Å². The third-order valence-corrected chi connectivity index (χ3v) is 5.86. The van der Waals surface area contributed by atoms with E-state index in [-0.39, 0.29) is 37.7 Å². The number of hydrogen-bond donors (Lipinski definition) is 2. The zero-order valence-electron chi connectivity index (χ0n) is 19.3. The quantitative estimate of drug-likeness (QED) is 0.529. The first-order valence-electron chi connectivity index (χ1n) is 11.1. The molecule has 2 aliphatic rings. The van der Waals surface area contributed by atoms with Crippen LogP contribution in [0.1, 0.15) is 43.5 Å². The maximum Gasteiger partial charge on any atom is 0.407 e. The van der Waals surface area contributed by atoms with E-state index in [0.717, 1.165) is 24.1 Å². The van der Waals surface area contributed by atoms with Crippen LogP contribution in [0.5, 0.6) is 5.88 Å². The van der Waals surface area contributed by atoms with Crippen LogP contribution in [-0.2, 0) is 20.7 Å². The summed E-state index contributed by atoms with van der Waals surface area (Å²) < 4.78 is 15.6. The van der Waals surface area contributed by atoms with Crippen LogP contribution >= 0.6 is 0 Å². The van der Waals surface area contributed by atoms with E-state index < -0.39 is 18.3 Å². The summed E-state index contributed by atoms with van der Waals surface area (Å²) in [5.74, 6) is 0.250. The SMILES string of the molecule is COC(=O)NCCCc1cc(C(C)N(C(=O)[C@H]2CN(C(=O)O)CCO2)C2CC2)cc(OC)n1. The van der Waals surface area contributed by atoms with Gasteiger partial charge in [-0.05, 0) is 44.2 Å². The van der Waals surface area contributed by atoms with Gasteiger partial charge < -0.3 is 34.4 Å². The molecule has 2 N–H and O–H groups in total. The van der Waals surface area contributed by atoms with Gasteiger partial charge in [0.25, 0.3) is 5.91 Å². The molecule has 1 unspecified atom stereocenters. The maximum absolute atomic E-state index is 13.4. The van der Waals surface area contributed by atoms with Gasteiger partial charge in [-0.2, -0.15) is 0 Å². The van der Waals surface area contributed by atoms with Crippen molar-refractivity contribution in [2.45, 2.75) is 50.8 Å². The number of methoxy groups -OCH3 is 2. The van der Waals surface area contributed by atoms with Gasteiger partial charge in [-0.3, -0.25) is 4.79 Å². The first-order chi connectivity index (χ1) is 15.8. The summed E-state index contributed by atoms with van der Waals surface area (Å²) in [6.07, 6.45) is 0.734. The molecular weight excluding hydrogens is 432 g/mol. The summed E-state index contributed by atoms with van der Waals surface area (Å²) >= 11 is 0. The van der Waals surface area contributed by atoms with E-state index in [4.69, 9.17) is 9.47 Å². The van der Waals surface area contributed by atoms with Crippen LogP contribution in [0.15, 0.2) is 12.1 Å². The Morgan fingerprint density at radius 3 is 2.73 bits per heavy atom. The molecule has 0 radical (unpaired) electrons. The van der Waals surface area contributed by atoms with Crippen molar-refractivity contribution in [2.75, 3.05) is 40.5 Å². The van der Waals surface area contributed by atoms with E-state index >= 15 is 0 Å². The van der Waals surface area contributed by atoms with Crippen molar-refractivity contribution in [1.29, 1.82) is 0 Å². The first kappa shape index (κ1) is 24.6. The van der Waals surface area contributed by atoms with E-state index in [2.05, 4.69) is 15.0 Å². The van der Waals surface area contributed by atoms with Crippen molar-refractivity contribution in [2.24, 2.45) is 0 Å². The Balaban J connectivity index is 1.73. The second kappa shape index (κ2) is 11.2. The van der Waals surface area contributed by atoms with Gasteiger partial charge in [0.2, 0.25) is 5.88 Å². The van der Waals surface area contributed by atoms with E-state index in [1.165, 1.54) is 12.0 Å². The Kier molecular flexibility index (Phi) is 8.32. The molecule has 2 fully saturated rings. The van der Waals surface area contributed by atoms with Crippen LogP contribution in [0.25, 0.3) is 0 Å². The summed E-state index contributed by atoms with van der Waals surface area (Å²) in [4.78, 5) is 43.5. The van der Waals surface area contributed by atoms with Crippen LogP contribution < -0.4 is 10.1 Å². The lowest BCUT2D eigenvalue weighted by Crippen LogP contribution is -2.53. The molecule has 2 atom stereocenters. The second-order valence-corrected chi connectivity index (χ2v) is 8.20. The fraction of sp³-hybridized carbons (Fsp3) is 0.636. The zero-order valence-corrected chi connectivity index (χ0v) is 19.3. The maximum atomic E-state index is 13.4. The smallest absolute Gasteiger partial charge is 0.407 e. The lowest BCUT2D eigenvalue weighted by Gasteiger charge is -2.36. The van der Waals surface area contributed by atoms with Gasteiger partial charge in [0.05, 0.1) is 33.4 Å². The number of hydrogen-bond acceptors (Lipinski definition) is 7. The number of carbonyl (C=O) groups is 3. The number of alkyl carbamates (subject to hydrolysis) is 1. The molecule has 33 heavy (non-hydrogen) atoms. The molecule has 1 aromatic heterocycles. The number of carbonyl (C=O) groups excluding carboxylic acids is 2. The number of aromatic nitrogens is 1. The summed E-state index contributed by atoms with van der Waals surface area (Å²) in [5, 5.41) is 11.9. The van der Waals surface area contributed by atoms with E-state index in [9.17, 15) is 19.5 Å². The Bertz CT molecular complexity index is 861. The van der Waals surface area contributed by atoms with Crippen molar-refractivity contribution < 1.29 is 33.7 Å². The monoisotopic (exact) mass is 464 g/mol. The molecule has 1 aliphatic carbocycles. The number of pyridine rings is 1. The van der Waals surface area contributed by atoms with Crippen molar-refractivity contribution in [3.63, 3.8) is 0 Å².